The molecule has 36 heavy (non-hydrogen) atoms. The first-order chi connectivity index (χ1) is 17.4. The van der Waals surface area contributed by atoms with E-state index in [4.69, 9.17) is 21.7 Å². The van der Waals surface area contributed by atoms with Crippen LogP contribution >= 0.6 is 12.2 Å². The average molecular weight is 501 g/mol. The van der Waals surface area contributed by atoms with Crippen LogP contribution < -0.4 is 19.7 Å². The normalized spacial score (nSPS) is 18.6. The van der Waals surface area contributed by atoms with Gasteiger partial charge in [0.1, 0.15) is 5.82 Å². The number of aromatic nitrogens is 2. The van der Waals surface area contributed by atoms with Crippen LogP contribution in [0, 0.1) is 26.6 Å². The fraction of sp³-hybridized carbons (Fsp3) is 0.214. The molecule has 6 nitrogen and oxygen atoms in total. The first-order valence-electron chi connectivity index (χ1n) is 11.8. The van der Waals surface area contributed by atoms with E-state index >= 15 is 0 Å². The summed E-state index contributed by atoms with van der Waals surface area (Å²) in [5, 5.41) is 4.06. The molecule has 8 heteroatoms. The molecule has 1 fully saturated rings. The summed E-state index contributed by atoms with van der Waals surface area (Å²) < 4.78 is 27.5. The number of pyridine rings is 1. The Bertz CT molecular complexity index is 1490. The van der Waals surface area contributed by atoms with Crippen LogP contribution in [0.25, 0.3) is 5.69 Å². The van der Waals surface area contributed by atoms with Crippen LogP contribution in [0.2, 0.25) is 0 Å². The van der Waals surface area contributed by atoms with E-state index in [1.54, 1.807) is 19.2 Å². The van der Waals surface area contributed by atoms with Gasteiger partial charge in [-0.05, 0) is 92.6 Å². The number of benzene rings is 2. The topological polar surface area (TPSA) is 51.6 Å². The molecular formula is C28H25FN4O2S. The lowest BCUT2D eigenvalue weighted by atomic mass is 9.96. The van der Waals surface area contributed by atoms with Gasteiger partial charge in [-0.3, -0.25) is 4.98 Å². The second-order valence-electron chi connectivity index (χ2n) is 9.13. The highest BCUT2D eigenvalue weighted by molar-refractivity contribution is 7.80. The van der Waals surface area contributed by atoms with Gasteiger partial charge in [-0.2, -0.15) is 0 Å². The number of aryl methyl sites for hydroxylation is 2. The Morgan fingerprint density at radius 3 is 2.56 bits per heavy atom. The molecule has 0 amide bonds. The van der Waals surface area contributed by atoms with Gasteiger partial charge in [0.15, 0.2) is 16.6 Å². The van der Waals surface area contributed by atoms with Crippen molar-refractivity contribution in [1.29, 1.82) is 0 Å². The Balaban J connectivity index is 1.50. The maximum Gasteiger partial charge on any atom is 0.231 e. The molecule has 0 unspecified atom stereocenters. The second kappa shape index (κ2) is 8.64. The lowest BCUT2D eigenvalue weighted by Gasteiger charge is -2.28. The lowest BCUT2D eigenvalue weighted by Crippen LogP contribution is -2.29. The molecule has 6 rings (SSSR count). The Morgan fingerprint density at radius 2 is 1.78 bits per heavy atom. The predicted octanol–water partition coefficient (Wildman–Crippen LogP) is 5.84. The van der Waals surface area contributed by atoms with Gasteiger partial charge in [0.2, 0.25) is 6.79 Å². The SMILES string of the molecule is Cc1cc(N2C(=S)N[C@@H](c3ccccn3)[C@H]2c2cc(C)n(-c3ccc4c(c3)OCO4)c2C)ccc1F. The molecule has 1 saturated heterocycles. The first-order valence-corrected chi connectivity index (χ1v) is 12.2. The molecular weight excluding hydrogens is 475 g/mol. The van der Waals surface area contributed by atoms with Crippen LogP contribution in [-0.4, -0.2) is 21.5 Å². The number of ether oxygens (including phenoxy) is 2. The summed E-state index contributed by atoms with van der Waals surface area (Å²) in [6, 6.07) is 18.8. The number of halogens is 1. The van der Waals surface area contributed by atoms with Crippen LogP contribution in [0.5, 0.6) is 11.5 Å². The summed E-state index contributed by atoms with van der Waals surface area (Å²) in [6.07, 6.45) is 1.79. The number of nitrogens with one attached hydrogen (secondary N) is 1. The number of fused-ring (bicyclic) bond motifs is 1. The van der Waals surface area contributed by atoms with Crippen molar-refractivity contribution < 1.29 is 13.9 Å². The smallest absolute Gasteiger partial charge is 0.231 e. The summed E-state index contributed by atoms with van der Waals surface area (Å²) in [4.78, 5) is 6.72. The maximum absolute atomic E-state index is 14.1. The van der Waals surface area contributed by atoms with Crippen LogP contribution in [0.15, 0.2) is 66.9 Å². The van der Waals surface area contributed by atoms with Gasteiger partial charge in [0.05, 0.1) is 17.8 Å². The van der Waals surface area contributed by atoms with Crippen molar-refractivity contribution in [3.8, 4) is 17.2 Å². The van der Waals surface area contributed by atoms with Crippen molar-refractivity contribution in [1.82, 2.24) is 14.9 Å². The molecule has 0 bridgehead atoms. The number of hydrogen-bond acceptors (Lipinski definition) is 4. The molecule has 0 aliphatic carbocycles. The Kier molecular flexibility index (Phi) is 5.41. The Hall–Kier alpha value is -3.91. The van der Waals surface area contributed by atoms with Crippen molar-refractivity contribution in [2.24, 2.45) is 0 Å². The van der Waals surface area contributed by atoms with Gasteiger partial charge in [0.25, 0.3) is 0 Å². The highest BCUT2D eigenvalue weighted by atomic mass is 32.1. The third-order valence-electron chi connectivity index (χ3n) is 6.92. The minimum Gasteiger partial charge on any atom is -0.454 e. The standard InChI is InChI=1S/C28H25FN4O2S/c1-16-12-19(7-9-22(16)29)33-27(26(31-28(33)36)23-6-4-5-11-30-23)21-13-17(2)32(18(21)3)20-8-10-24-25(14-20)35-15-34-24/h4-14,26-27H,15H2,1-3H3,(H,31,36)/t26-,27+/m0/s1. The van der Waals surface area contributed by atoms with Crippen molar-refractivity contribution in [3.63, 3.8) is 0 Å². The van der Waals surface area contributed by atoms with Crippen molar-refractivity contribution in [2.45, 2.75) is 32.9 Å². The summed E-state index contributed by atoms with van der Waals surface area (Å²) in [5.41, 5.74) is 6.55. The van der Waals surface area contributed by atoms with Gasteiger partial charge in [0, 0.05) is 35.0 Å². The van der Waals surface area contributed by atoms with E-state index in [1.165, 1.54) is 6.07 Å². The van der Waals surface area contributed by atoms with Gasteiger partial charge >= 0.3 is 0 Å². The molecule has 182 valence electrons. The zero-order valence-corrected chi connectivity index (χ0v) is 21.0. The summed E-state index contributed by atoms with van der Waals surface area (Å²) in [7, 11) is 0. The van der Waals surface area contributed by atoms with E-state index in [0.29, 0.717) is 10.7 Å². The van der Waals surface area contributed by atoms with E-state index < -0.39 is 0 Å². The molecule has 0 saturated carbocycles. The maximum atomic E-state index is 14.1. The molecule has 0 radical (unpaired) electrons. The van der Waals surface area contributed by atoms with Crippen molar-refractivity contribution in [2.75, 3.05) is 11.7 Å². The molecule has 4 heterocycles. The zero-order valence-electron chi connectivity index (χ0n) is 20.2. The third kappa shape index (κ3) is 3.60. The predicted molar refractivity (Wildman–Crippen MR) is 140 cm³/mol. The monoisotopic (exact) mass is 500 g/mol. The zero-order chi connectivity index (χ0) is 25.0. The van der Waals surface area contributed by atoms with Crippen LogP contribution in [0.3, 0.4) is 0 Å². The lowest BCUT2D eigenvalue weighted by molar-refractivity contribution is 0.174. The fourth-order valence-corrected chi connectivity index (χ4v) is 5.58. The van der Waals surface area contributed by atoms with Crippen LogP contribution in [0.1, 0.15) is 40.3 Å². The van der Waals surface area contributed by atoms with Gasteiger partial charge in [-0.15, -0.1) is 0 Å². The van der Waals surface area contributed by atoms with Gasteiger partial charge in [-0.1, -0.05) is 6.07 Å². The summed E-state index contributed by atoms with van der Waals surface area (Å²) in [6.45, 7) is 6.20. The molecule has 2 aliphatic heterocycles. The third-order valence-corrected chi connectivity index (χ3v) is 7.24. The highest BCUT2D eigenvalue weighted by Gasteiger charge is 2.42. The van der Waals surface area contributed by atoms with Crippen LogP contribution in [0.4, 0.5) is 10.1 Å². The molecule has 1 N–H and O–H groups in total. The molecule has 2 atom stereocenters. The largest absolute Gasteiger partial charge is 0.454 e. The van der Waals surface area contributed by atoms with E-state index in [1.807, 2.05) is 42.5 Å². The molecule has 0 spiro atoms. The Morgan fingerprint density at radius 1 is 0.972 bits per heavy atom. The molecule has 4 aromatic rings. The van der Waals surface area contributed by atoms with E-state index in [-0.39, 0.29) is 24.7 Å². The van der Waals surface area contributed by atoms with Crippen molar-refractivity contribution >= 4 is 23.0 Å². The van der Waals surface area contributed by atoms with Crippen LogP contribution in [-0.2, 0) is 0 Å². The Labute approximate surface area is 214 Å². The minimum absolute atomic E-state index is 0.185. The first kappa shape index (κ1) is 22.5. The molecule has 2 aliphatic rings. The van der Waals surface area contributed by atoms with Gasteiger partial charge < -0.3 is 24.3 Å². The number of nitrogens with zero attached hydrogens (tertiary/aromatic N) is 3. The number of hydrogen-bond donors (Lipinski definition) is 1. The summed E-state index contributed by atoms with van der Waals surface area (Å²) in [5.74, 6) is 1.25. The van der Waals surface area contributed by atoms with Crippen molar-refractivity contribution in [3.05, 3.63) is 101 Å². The number of thiocarbonyl (C=S) groups is 1. The second-order valence-corrected chi connectivity index (χ2v) is 9.52. The highest BCUT2D eigenvalue weighted by Crippen LogP contribution is 2.44. The molecule has 2 aromatic carbocycles. The van der Waals surface area contributed by atoms with E-state index in [2.05, 4.69) is 39.7 Å². The van der Waals surface area contributed by atoms with E-state index in [0.717, 1.165) is 45.5 Å². The van der Waals surface area contributed by atoms with E-state index in [9.17, 15) is 4.39 Å². The number of anilines is 1. The summed E-state index contributed by atoms with van der Waals surface area (Å²) >= 11 is 5.84. The number of rotatable bonds is 4. The fourth-order valence-electron chi connectivity index (χ4n) is 5.24. The molecule has 2 aromatic heterocycles. The van der Waals surface area contributed by atoms with Gasteiger partial charge in [-0.25, -0.2) is 4.39 Å². The quantitative estimate of drug-likeness (QED) is 0.355. The minimum atomic E-state index is -0.240. The average Bonchev–Trinajstić information content (AvgIpc) is 3.56.